The molecule has 4 aromatic rings. The molecule has 0 aliphatic rings. The number of rotatable bonds is 6. The summed E-state index contributed by atoms with van der Waals surface area (Å²) in [5.41, 5.74) is 1.78. The molecular weight excluding hydrogens is 394 g/mol. The Morgan fingerprint density at radius 2 is 2.04 bits per heavy atom. The first-order chi connectivity index (χ1) is 13.6. The van der Waals surface area contributed by atoms with E-state index in [2.05, 4.69) is 20.5 Å². The van der Waals surface area contributed by atoms with Gasteiger partial charge in [-0.15, -0.1) is 21.5 Å². The van der Waals surface area contributed by atoms with Crippen LogP contribution in [-0.4, -0.2) is 30.9 Å². The third-order valence-electron chi connectivity index (χ3n) is 3.89. The maximum atomic E-state index is 12.6. The van der Waals surface area contributed by atoms with Gasteiger partial charge < -0.3 is 9.73 Å². The number of aryl methyl sites for hydroxylation is 1. The summed E-state index contributed by atoms with van der Waals surface area (Å²) in [6.45, 7) is 3.72. The molecule has 0 aliphatic carbocycles. The Balaban J connectivity index is 1.61. The van der Waals surface area contributed by atoms with E-state index in [0.717, 1.165) is 11.4 Å². The number of para-hydroxylation sites is 1. The molecule has 0 aliphatic heterocycles. The van der Waals surface area contributed by atoms with Crippen LogP contribution in [0.4, 0.5) is 5.13 Å². The highest BCUT2D eigenvalue weighted by Crippen LogP contribution is 2.30. The van der Waals surface area contributed by atoms with E-state index < -0.39 is 0 Å². The number of nitrogens with one attached hydrogen (secondary N) is 1. The van der Waals surface area contributed by atoms with Crippen molar-refractivity contribution in [3.8, 4) is 17.3 Å². The fourth-order valence-electron chi connectivity index (χ4n) is 2.55. The number of benzene rings is 1. The molecule has 0 saturated heterocycles. The summed E-state index contributed by atoms with van der Waals surface area (Å²) in [6.07, 6.45) is 1.60. The van der Waals surface area contributed by atoms with E-state index in [-0.39, 0.29) is 11.2 Å². The Morgan fingerprint density at radius 1 is 1.21 bits per heavy atom. The van der Waals surface area contributed by atoms with E-state index in [4.69, 9.17) is 4.42 Å². The van der Waals surface area contributed by atoms with E-state index in [1.165, 1.54) is 23.1 Å². The molecular formula is C19H17N5O2S2. The summed E-state index contributed by atoms with van der Waals surface area (Å²) < 4.78 is 7.40. The Hall–Kier alpha value is -2.91. The molecule has 28 heavy (non-hydrogen) atoms. The molecule has 0 saturated carbocycles. The van der Waals surface area contributed by atoms with Crippen molar-refractivity contribution in [1.29, 1.82) is 0 Å². The number of amides is 1. The van der Waals surface area contributed by atoms with Crippen LogP contribution in [-0.2, 0) is 4.79 Å². The van der Waals surface area contributed by atoms with Crippen molar-refractivity contribution in [1.82, 2.24) is 19.7 Å². The van der Waals surface area contributed by atoms with Crippen molar-refractivity contribution in [2.75, 3.05) is 5.32 Å². The monoisotopic (exact) mass is 411 g/mol. The predicted molar refractivity (Wildman–Crippen MR) is 110 cm³/mol. The molecule has 7 nitrogen and oxygen atoms in total. The first kappa shape index (κ1) is 18.5. The minimum atomic E-state index is -0.389. The highest BCUT2D eigenvalue weighted by atomic mass is 32.2. The first-order valence-corrected chi connectivity index (χ1v) is 10.3. The van der Waals surface area contributed by atoms with E-state index in [1.807, 2.05) is 60.2 Å². The van der Waals surface area contributed by atoms with Gasteiger partial charge in [0, 0.05) is 11.1 Å². The number of thiazole rings is 1. The Kier molecular flexibility index (Phi) is 5.27. The average Bonchev–Trinajstić information content (AvgIpc) is 3.43. The quantitative estimate of drug-likeness (QED) is 0.473. The number of anilines is 1. The number of nitrogens with zero attached hydrogens (tertiary/aromatic N) is 4. The van der Waals surface area contributed by atoms with Gasteiger partial charge in [0.1, 0.15) is 0 Å². The fourth-order valence-corrected chi connectivity index (χ4v) is 4.11. The first-order valence-electron chi connectivity index (χ1n) is 8.56. The van der Waals surface area contributed by atoms with Crippen LogP contribution >= 0.6 is 23.1 Å². The summed E-state index contributed by atoms with van der Waals surface area (Å²) in [5.74, 6) is 1.06. The molecule has 3 heterocycles. The summed E-state index contributed by atoms with van der Waals surface area (Å²) in [6, 6.07) is 13.4. The van der Waals surface area contributed by atoms with Gasteiger partial charge >= 0.3 is 0 Å². The van der Waals surface area contributed by atoms with Crippen LogP contribution in [0.25, 0.3) is 17.3 Å². The van der Waals surface area contributed by atoms with Crippen LogP contribution in [0.5, 0.6) is 0 Å². The van der Waals surface area contributed by atoms with Gasteiger partial charge in [0.15, 0.2) is 16.0 Å². The van der Waals surface area contributed by atoms with E-state index in [9.17, 15) is 4.79 Å². The van der Waals surface area contributed by atoms with Gasteiger partial charge in [0.2, 0.25) is 11.7 Å². The lowest BCUT2D eigenvalue weighted by atomic mass is 10.3. The highest BCUT2D eigenvalue weighted by molar-refractivity contribution is 8.00. The average molecular weight is 412 g/mol. The summed E-state index contributed by atoms with van der Waals surface area (Å²) >= 11 is 2.74. The summed E-state index contributed by atoms with van der Waals surface area (Å²) in [4.78, 5) is 16.8. The zero-order chi connectivity index (χ0) is 19.5. The van der Waals surface area contributed by atoms with Crippen molar-refractivity contribution in [3.63, 3.8) is 0 Å². The van der Waals surface area contributed by atoms with Crippen molar-refractivity contribution < 1.29 is 9.21 Å². The van der Waals surface area contributed by atoms with Gasteiger partial charge in [-0.25, -0.2) is 4.98 Å². The van der Waals surface area contributed by atoms with E-state index in [0.29, 0.717) is 21.9 Å². The van der Waals surface area contributed by atoms with Gasteiger partial charge in [-0.2, -0.15) is 0 Å². The standard InChI is InChI=1S/C19H17N5O2S2/c1-12-11-27-18(20-12)21-17(25)13(2)28-19-23-22-16(15-9-6-10-26-15)24(19)14-7-4-3-5-8-14/h3-11,13H,1-2H3,(H,20,21,25)/t13-/m0/s1. The summed E-state index contributed by atoms with van der Waals surface area (Å²) in [5, 5.41) is 14.2. The molecule has 0 fully saturated rings. The number of thioether (sulfide) groups is 1. The van der Waals surface area contributed by atoms with Crippen molar-refractivity contribution in [2.24, 2.45) is 0 Å². The number of hydrogen-bond donors (Lipinski definition) is 1. The lowest BCUT2D eigenvalue weighted by molar-refractivity contribution is -0.115. The second kappa shape index (κ2) is 7.99. The molecule has 0 spiro atoms. The normalized spacial score (nSPS) is 12.1. The number of hydrogen-bond acceptors (Lipinski definition) is 7. The third-order valence-corrected chi connectivity index (χ3v) is 5.81. The van der Waals surface area contributed by atoms with Crippen LogP contribution < -0.4 is 5.32 Å². The summed E-state index contributed by atoms with van der Waals surface area (Å²) in [7, 11) is 0. The van der Waals surface area contributed by atoms with E-state index in [1.54, 1.807) is 12.3 Å². The van der Waals surface area contributed by atoms with E-state index >= 15 is 0 Å². The topological polar surface area (TPSA) is 85.8 Å². The van der Waals surface area contributed by atoms with Crippen LogP contribution in [0, 0.1) is 6.92 Å². The fraction of sp³-hybridized carbons (Fsp3) is 0.158. The molecule has 9 heteroatoms. The Labute approximate surface area is 169 Å². The second-order valence-electron chi connectivity index (χ2n) is 6.00. The number of furan rings is 1. The Morgan fingerprint density at radius 3 is 2.71 bits per heavy atom. The molecule has 1 amide bonds. The molecule has 142 valence electrons. The van der Waals surface area contributed by atoms with Crippen molar-refractivity contribution in [2.45, 2.75) is 24.3 Å². The number of carbonyl (C=O) groups excluding carboxylic acids is 1. The van der Waals surface area contributed by atoms with Crippen LogP contribution in [0.3, 0.4) is 0 Å². The highest BCUT2D eigenvalue weighted by Gasteiger charge is 2.23. The maximum absolute atomic E-state index is 12.6. The molecule has 1 aromatic carbocycles. The molecule has 0 unspecified atom stereocenters. The van der Waals surface area contributed by atoms with Crippen LogP contribution in [0.2, 0.25) is 0 Å². The molecule has 4 rings (SSSR count). The van der Waals surface area contributed by atoms with Gasteiger partial charge in [-0.1, -0.05) is 30.0 Å². The predicted octanol–water partition coefficient (Wildman–Crippen LogP) is 4.41. The molecule has 3 aromatic heterocycles. The number of aromatic nitrogens is 4. The lowest BCUT2D eigenvalue weighted by Gasteiger charge is -2.12. The minimum Gasteiger partial charge on any atom is -0.461 e. The Bertz CT molecular complexity index is 1070. The van der Waals surface area contributed by atoms with Gasteiger partial charge in [0.25, 0.3) is 0 Å². The molecule has 1 atom stereocenters. The van der Waals surface area contributed by atoms with Crippen molar-refractivity contribution in [3.05, 3.63) is 59.8 Å². The largest absolute Gasteiger partial charge is 0.461 e. The third kappa shape index (κ3) is 3.85. The van der Waals surface area contributed by atoms with Gasteiger partial charge in [-0.05, 0) is 38.1 Å². The zero-order valence-corrected chi connectivity index (χ0v) is 16.8. The molecule has 0 radical (unpaired) electrons. The minimum absolute atomic E-state index is 0.137. The second-order valence-corrected chi connectivity index (χ2v) is 8.16. The smallest absolute Gasteiger partial charge is 0.239 e. The zero-order valence-electron chi connectivity index (χ0n) is 15.2. The molecule has 0 bridgehead atoms. The van der Waals surface area contributed by atoms with Crippen LogP contribution in [0.15, 0.2) is 63.7 Å². The van der Waals surface area contributed by atoms with Crippen LogP contribution in [0.1, 0.15) is 12.6 Å². The SMILES string of the molecule is Cc1csc(NC(=O)[C@H](C)Sc2nnc(-c3ccco3)n2-c2ccccc2)n1. The van der Waals surface area contributed by atoms with Gasteiger partial charge in [0.05, 0.1) is 17.2 Å². The maximum Gasteiger partial charge on any atom is 0.239 e. The molecule has 1 N–H and O–H groups in total. The van der Waals surface area contributed by atoms with Gasteiger partial charge in [-0.3, -0.25) is 9.36 Å². The number of carbonyl (C=O) groups is 1. The lowest BCUT2D eigenvalue weighted by Crippen LogP contribution is -2.22. The van der Waals surface area contributed by atoms with Crippen molar-refractivity contribution >= 4 is 34.1 Å².